The van der Waals surface area contributed by atoms with Crippen molar-refractivity contribution in [3.05, 3.63) is 0 Å². The molecular weight excluding hydrogens is 246 g/mol. The number of nitrogens with zero attached hydrogens (tertiary/aromatic N) is 1. The van der Waals surface area contributed by atoms with Crippen molar-refractivity contribution in [3.8, 4) is 0 Å². The zero-order valence-corrected chi connectivity index (χ0v) is 11.2. The minimum absolute atomic E-state index is 0.269. The lowest BCUT2D eigenvalue weighted by molar-refractivity contribution is -0.148. The van der Waals surface area contributed by atoms with Crippen LogP contribution in [0, 0.1) is 10.8 Å². The number of carbonyl (C=O) groups is 2. The van der Waals surface area contributed by atoms with E-state index in [2.05, 4.69) is 0 Å². The van der Waals surface area contributed by atoms with Gasteiger partial charge in [-0.1, -0.05) is 0 Å². The van der Waals surface area contributed by atoms with Gasteiger partial charge in [0.05, 0.1) is 23.1 Å². The van der Waals surface area contributed by atoms with Crippen LogP contribution in [0.1, 0.15) is 27.7 Å². The molecule has 1 N–H and O–H groups in total. The lowest BCUT2D eigenvalue weighted by atomic mass is 9.91. The molecule has 1 saturated heterocycles. The summed E-state index contributed by atoms with van der Waals surface area (Å²) in [7, 11) is -3.69. The third kappa shape index (κ3) is 2.43. The minimum Gasteiger partial charge on any atom is -0.481 e. The first-order chi connectivity index (χ1) is 7.40. The van der Waals surface area contributed by atoms with E-state index in [1.165, 1.54) is 13.8 Å². The van der Waals surface area contributed by atoms with E-state index in [9.17, 15) is 18.0 Å². The summed E-state index contributed by atoms with van der Waals surface area (Å²) in [6.45, 7) is 5.54. The highest BCUT2D eigenvalue weighted by molar-refractivity contribution is 7.90. The van der Waals surface area contributed by atoms with Crippen molar-refractivity contribution in [2.75, 3.05) is 12.3 Å². The van der Waals surface area contributed by atoms with E-state index in [1.54, 1.807) is 13.8 Å². The van der Waals surface area contributed by atoms with Crippen molar-refractivity contribution in [3.63, 3.8) is 0 Å². The van der Waals surface area contributed by atoms with Gasteiger partial charge in [-0.05, 0) is 27.7 Å². The molecule has 1 fully saturated rings. The molecule has 0 atom stereocenters. The zero-order valence-electron chi connectivity index (χ0n) is 10.3. The van der Waals surface area contributed by atoms with Gasteiger partial charge in [0.25, 0.3) is 0 Å². The molecule has 0 spiro atoms. The van der Waals surface area contributed by atoms with Crippen LogP contribution >= 0.6 is 0 Å². The molecule has 1 rings (SSSR count). The number of rotatable bonds is 3. The molecule has 1 aliphatic rings. The molecular formula is C10H17NO5S. The van der Waals surface area contributed by atoms with Crippen molar-refractivity contribution >= 4 is 21.9 Å². The molecule has 0 aromatic carbocycles. The summed E-state index contributed by atoms with van der Waals surface area (Å²) >= 11 is 0. The van der Waals surface area contributed by atoms with Crippen LogP contribution in [-0.2, 0) is 19.6 Å². The van der Waals surface area contributed by atoms with E-state index in [-0.39, 0.29) is 12.3 Å². The van der Waals surface area contributed by atoms with Crippen molar-refractivity contribution in [2.24, 2.45) is 10.8 Å². The summed E-state index contributed by atoms with van der Waals surface area (Å²) in [4.78, 5) is 22.9. The molecule has 0 aromatic heterocycles. The lowest BCUT2D eigenvalue weighted by Crippen LogP contribution is -2.43. The number of amides is 1. The summed E-state index contributed by atoms with van der Waals surface area (Å²) < 4.78 is 24.3. The predicted molar refractivity (Wildman–Crippen MR) is 60.7 cm³/mol. The second-order valence-electron chi connectivity index (χ2n) is 5.64. The van der Waals surface area contributed by atoms with Gasteiger partial charge in [0.2, 0.25) is 15.9 Å². The highest BCUT2D eigenvalue weighted by atomic mass is 32.2. The largest absolute Gasteiger partial charge is 0.481 e. The number of hydrogen-bond acceptors (Lipinski definition) is 4. The van der Waals surface area contributed by atoms with Crippen molar-refractivity contribution in [2.45, 2.75) is 27.7 Å². The van der Waals surface area contributed by atoms with Gasteiger partial charge in [-0.25, -0.2) is 12.7 Å². The Kier molecular flexibility index (Phi) is 3.03. The molecule has 1 amide bonds. The summed E-state index contributed by atoms with van der Waals surface area (Å²) in [6.07, 6.45) is 0. The molecule has 1 aliphatic heterocycles. The highest BCUT2D eigenvalue weighted by Gasteiger charge is 2.51. The van der Waals surface area contributed by atoms with E-state index >= 15 is 0 Å². The van der Waals surface area contributed by atoms with E-state index in [0.29, 0.717) is 4.31 Å². The average molecular weight is 263 g/mol. The first kappa shape index (κ1) is 14.0. The first-order valence-corrected chi connectivity index (χ1v) is 6.79. The fourth-order valence-corrected chi connectivity index (χ4v) is 3.87. The van der Waals surface area contributed by atoms with E-state index in [1.807, 2.05) is 0 Å². The maximum Gasteiger partial charge on any atom is 0.310 e. The van der Waals surface area contributed by atoms with Crippen molar-refractivity contribution < 1.29 is 23.1 Å². The Balaban J connectivity index is 3.08. The van der Waals surface area contributed by atoms with E-state index in [4.69, 9.17) is 5.11 Å². The Morgan fingerprint density at radius 3 is 2.24 bits per heavy atom. The third-order valence-corrected chi connectivity index (χ3v) is 4.86. The van der Waals surface area contributed by atoms with Crippen LogP contribution in [0.15, 0.2) is 0 Å². The Bertz CT molecular complexity index is 463. The monoisotopic (exact) mass is 263 g/mol. The molecule has 17 heavy (non-hydrogen) atoms. The quantitative estimate of drug-likeness (QED) is 0.790. The van der Waals surface area contributed by atoms with Gasteiger partial charge in [-0.2, -0.15) is 0 Å². The summed E-state index contributed by atoms with van der Waals surface area (Å²) in [5.74, 6) is -1.94. The van der Waals surface area contributed by atoms with Crippen LogP contribution < -0.4 is 0 Å². The Labute approximate surface area is 101 Å². The topological polar surface area (TPSA) is 91.8 Å². The number of carboxylic acids is 1. The van der Waals surface area contributed by atoms with Gasteiger partial charge in [0, 0.05) is 0 Å². The third-order valence-electron chi connectivity index (χ3n) is 2.80. The molecule has 0 unspecified atom stereocenters. The normalized spacial score (nSPS) is 22.8. The van der Waals surface area contributed by atoms with Crippen LogP contribution in [0.25, 0.3) is 0 Å². The number of aliphatic carboxylic acids is 1. The predicted octanol–water partition coefficient (Wildman–Crippen LogP) is 0.295. The van der Waals surface area contributed by atoms with Gasteiger partial charge in [0.15, 0.2) is 0 Å². The molecule has 7 heteroatoms. The van der Waals surface area contributed by atoms with E-state index < -0.39 is 32.7 Å². The lowest BCUT2D eigenvalue weighted by Gasteiger charge is -2.26. The van der Waals surface area contributed by atoms with Gasteiger partial charge in [-0.15, -0.1) is 0 Å². The van der Waals surface area contributed by atoms with Gasteiger partial charge >= 0.3 is 5.97 Å². The number of carboxylic acid groups (broad SMARTS) is 1. The fourth-order valence-electron chi connectivity index (χ4n) is 1.66. The number of hydrogen-bond donors (Lipinski definition) is 1. The molecule has 0 aromatic rings. The molecule has 98 valence electrons. The van der Waals surface area contributed by atoms with Crippen LogP contribution in [-0.4, -0.2) is 42.0 Å². The van der Waals surface area contributed by atoms with Gasteiger partial charge in [0.1, 0.15) is 0 Å². The summed E-state index contributed by atoms with van der Waals surface area (Å²) in [6, 6.07) is 0. The fraction of sp³-hybridized carbons (Fsp3) is 0.800. The van der Waals surface area contributed by atoms with Crippen LogP contribution in [0.4, 0.5) is 0 Å². The number of carbonyl (C=O) groups excluding carboxylic acids is 1. The maximum absolute atomic E-state index is 11.9. The van der Waals surface area contributed by atoms with Gasteiger partial charge < -0.3 is 5.11 Å². The standard InChI is InChI=1S/C10H17NO5S/c1-9(2,8(13)14)5-11-7(12)10(3,4)6-17(11,15)16/h5-6H2,1-4H3,(H,13,14). The molecule has 6 nitrogen and oxygen atoms in total. The van der Waals surface area contributed by atoms with Crippen molar-refractivity contribution in [1.29, 1.82) is 0 Å². The summed E-state index contributed by atoms with van der Waals surface area (Å²) in [5, 5.41) is 8.96. The molecule has 0 bridgehead atoms. The average Bonchev–Trinajstić information content (AvgIpc) is 2.23. The molecule has 1 heterocycles. The molecule has 0 aliphatic carbocycles. The second-order valence-corrected chi connectivity index (χ2v) is 7.53. The van der Waals surface area contributed by atoms with Gasteiger partial charge in [-0.3, -0.25) is 9.59 Å². The first-order valence-electron chi connectivity index (χ1n) is 5.18. The van der Waals surface area contributed by atoms with Crippen LogP contribution in [0.3, 0.4) is 0 Å². The van der Waals surface area contributed by atoms with Crippen LogP contribution in [0.5, 0.6) is 0 Å². The van der Waals surface area contributed by atoms with Crippen LogP contribution in [0.2, 0.25) is 0 Å². The Morgan fingerprint density at radius 2 is 1.94 bits per heavy atom. The molecule has 0 saturated carbocycles. The minimum atomic E-state index is -3.69. The Morgan fingerprint density at radius 1 is 1.47 bits per heavy atom. The molecule has 0 radical (unpaired) electrons. The summed E-state index contributed by atoms with van der Waals surface area (Å²) in [5.41, 5.74) is -2.27. The van der Waals surface area contributed by atoms with Crippen molar-refractivity contribution in [1.82, 2.24) is 4.31 Å². The smallest absolute Gasteiger partial charge is 0.310 e. The second kappa shape index (κ2) is 3.69. The zero-order chi connectivity index (χ0) is 13.6. The maximum atomic E-state index is 11.9. The number of sulfonamides is 1. The SMILES string of the molecule is CC(C)(CN1C(=O)C(C)(C)CS1(=O)=O)C(=O)O. The Hall–Kier alpha value is -1.11. The highest BCUT2D eigenvalue weighted by Crippen LogP contribution is 2.34. The van der Waals surface area contributed by atoms with E-state index in [0.717, 1.165) is 0 Å².